The monoisotopic (exact) mass is 415 g/mol. The van der Waals surface area contributed by atoms with Gasteiger partial charge in [0.15, 0.2) is 5.17 Å². The Hall–Kier alpha value is -2.64. The smallest absolute Gasteiger partial charge is 0.287 e. The molecule has 1 aliphatic rings. The third kappa shape index (κ3) is 4.10. The lowest BCUT2D eigenvalue weighted by molar-refractivity contribution is -0.384. The molecule has 2 aromatic carbocycles. The summed E-state index contributed by atoms with van der Waals surface area (Å²) < 4.78 is 0. The summed E-state index contributed by atoms with van der Waals surface area (Å²) in [5.41, 5.74) is 2.29. The number of halogens is 1. The first-order valence-electron chi connectivity index (χ1n) is 8.76. The second-order valence-electron chi connectivity index (χ2n) is 6.00. The third-order valence-corrected chi connectivity index (χ3v) is 5.58. The highest BCUT2D eigenvalue weighted by Crippen LogP contribution is 2.35. The van der Waals surface area contributed by atoms with Crippen molar-refractivity contribution in [3.05, 3.63) is 73.6 Å². The van der Waals surface area contributed by atoms with Crippen LogP contribution in [0.15, 0.2) is 52.4 Å². The molecule has 0 bridgehead atoms. The number of amidine groups is 1. The van der Waals surface area contributed by atoms with Crippen molar-refractivity contribution in [3.8, 4) is 0 Å². The molecule has 2 aromatic rings. The van der Waals surface area contributed by atoms with Gasteiger partial charge in [-0.3, -0.25) is 19.8 Å². The first-order chi connectivity index (χ1) is 13.4. The van der Waals surface area contributed by atoms with Crippen LogP contribution in [0.3, 0.4) is 0 Å². The summed E-state index contributed by atoms with van der Waals surface area (Å²) >= 11 is 7.13. The predicted octanol–water partition coefficient (Wildman–Crippen LogP) is 5.43. The number of benzene rings is 2. The Morgan fingerprint density at radius 3 is 2.68 bits per heavy atom. The quantitative estimate of drug-likeness (QED) is 0.370. The molecule has 0 radical (unpaired) electrons. The summed E-state index contributed by atoms with van der Waals surface area (Å²) in [6.45, 7) is 4.43. The zero-order valence-corrected chi connectivity index (χ0v) is 17.0. The topological polar surface area (TPSA) is 75.8 Å². The number of hydrogen-bond donors (Lipinski definition) is 0. The molecule has 0 spiro atoms. The van der Waals surface area contributed by atoms with Gasteiger partial charge in [-0.1, -0.05) is 42.8 Å². The standard InChI is InChI=1S/C20H18ClN3O3S/c1-3-14-7-5-6-8-16(14)22-20-23(4-2)19(25)18(28-20)12-13-9-10-15(21)17(11-13)24(26)27/h5-12H,3-4H2,1-2H3/b18-12+,22-20?. The molecule has 1 saturated heterocycles. The van der Waals surface area contributed by atoms with Crippen molar-refractivity contribution >= 4 is 51.9 Å². The lowest BCUT2D eigenvalue weighted by Crippen LogP contribution is -2.28. The highest BCUT2D eigenvalue weighted by molar-refractivity contribution is 8.18. The van der Waals surface area contributed by atoms with Crippen LogP contribution in [0.2, 0.25) is 5.02 Å². The number of rotatable bonds is 5. The molecule has 28 heavy (non-hydrogen) atoms. The lowest BCUT2D eigenvalue weighted by Gasteiger charge is -2.12. The molecular weight excluding hydrogens is 398 g/mol. The molecule has 0 aliphatic carbocycles. The minimum atomic E-state index is -0.541. The minimum Gasteiger partial charge on any atom is -0.287 e. The van der Waals surface area contributed by atoms with Gasteiger partial charge in [0.1, 0.15) is 5.02 Å². The van der Waals surface area contributed by atoms with E-state index >= 15 is 0 Å². The van der Waals surface area contributed by atoms with Crippen LogP contribution in [0.5, 0.6) is 0 Å². The van der Waals surface area contributed by atoms with Gasteiger partial charge in [-0.15, -0.1) is 0 Å². The average molecular weight is 416 g/mol. The van der Waals surface area contributed by atoms with E-state index in [4.69, 9.17) is 16.6 Å². The van der Waals surface area contributed by atoms with Gasteiger partial charge in [-0.05, 0) is 54.4 Å². The number of nitro benzene ring substituents is 1. The van der Waals surface area contributed by atoms with Crippen LogP contribution in [0.4, 0.5) is 11.4 Å². The number of carbonyl (C=O) groups excluding carboxylic acids is 1. The number of nitrogens with zero attached hydrogens (tertiary/aromatic N) is 3. The molecule has 0 atom stereocenters. The van der Waals surface area contributed by atoms with Crippen molar-refractivity contribution in [1.29, 1.82) is 0 Å². The summed E-state index contributed by atoms with van der Waals surface area (Å²) in [4.78, 5) is 30.1. The molecule has 0 aromatic heterocycles. The predicted molar refractivity (Wildman–Crippen MR) is 114 cm³/mol. The normalized spacial score (nSPS) is 17.0. The summed E-state index contributed by atoms with van der Waals surface area (Å²) in [5.74, 6) is -0.169. The second kappa shape index (κ2) is 8.58. The van der Waals surface area contributed by atoms with Crippen LogP contribution < -0.4 is 0 Å². The van der Waals surface area contributed by atoms with Gasteiger partial charge >= 0.3 is 0 Å². The van der Waals surface area contributed by atoms with Crippen molar-refractivity contribution in [3.63, 3.8) is 0 Å². The number of para-hydroxylation sites is 1. The second-order valence-corrected chi connectivity index (χ2v) is 7.42. The molecular formula is C20H18ClN3O3S. The van der Waals surface area contributed by atoms with E-state index in [-0.39, 0.29) is 16.6 Å². The molecule has 144 valence electrons. The van der Waals surface area contributed by atoms with Gasteiger partial charge in [0.25, 0.3) is 11.6 Å². The maximum absolute atomic E-state index is 12.8. The molecule has 8 heteroatoms. The van der Waals surface area contributed by atoms with Crippen molar-refractivity contribution in [1.82, 2.24) is 4.90 Å². The van der Waals surface area contributed by atoms with E-state index in [0.29, 0.717) is 22.2 Å². The van der Waals surface area contributed by atoms with E-state index in [0.717, 1.165) is 17.7 Å². The molecule has 1 heterocycles. The molecule has 1 aliphatic heterocycles. The molecule has 6 nitrogen and oxygen atoms in total. The van der Waals surface area contributed by atoms with Crippen molar-refractivity contribution < 1.29 is 9.72 Å². The first kappa shape index (κ1) is 20.1. The van der Waals surface area contributed by atoms with E-state index in [1.54, 1.807) is 17.0 Å². The fourth-order valence-electron chi connectivity index (χ4n) is 2.80. The van der Waals surface area contributed by atoms with Gasteiger partial charge in [0.2, 0.25) is 0 Å². The summed E-state index contributed by atoms with van der Waals surface area (Å²) in [6.07, 6.45) is 2.47. The fourth-order valence-corrected chi connectivity index (χ4v) is 4.04. The van der Waals surface area contributed by atoms with Gasteiger partial charge < -0.3 is 0 Å². The number of aryl methyl sites for hydroxylation is 1. The van der Waals surface area contributed by atoms with E-state index in [1.807, 2.05) is 31.2 Å². The molecule has 3 rings (SSSR count). The van der Waals surface area contributed by atoms with E-state index in [9.17, 15) is 14.9 Å². The minimum absolute atomic E-state index is 0.0613. The van der Waals surface area contributed by atoms with Crippen molar-refractivity contribution in [2.24, 2.45) is 4.99 Å². The molecule has 0 saturated carbocycles. The van der Waals surface area contributed by atoms with Gasteiger partial charge in [0, 0.05) is 12.6 Å². The van der Waals surface area contributed by atoms with Crippen LogP contribution in [0, 0.1) is 10.1 Å². The number of thioether (sulfide) groups is 1. The lowest BCUT2D eigenvalue weighted by atomic mass is 10.1. The number of hydrogen-bond acceptors (Lipinski definition) is 5. The van der Waals surface area contributed by atoms with Crippen LogP contribution >= 0.6 is 23.4 Å². The van der Waals surface area contributed by atoms with Gasteiger partial charge in [-0.2, -0.15) is 0 Å². The van der Waals surface area contributed by atoms with Crippen LogP contribution in [0.1, 0.15) is 25.0 Å². The molecule has 0 unspecified atom stereocenters. The maximum atomic E-state index is 12.8. The number of carbonyl (C=O) groups is 1. The summed E-state index contributed by atoms with van der Waals surface area (Å²) in [6, 6.07) is 12.3. The largest absolute Gasteiger partial charge is 0.288 e. The highest BCUT2D eigenvalue weighted by atomic mass is 35.5. The van der Waals surface area contributed by atoms with Crippen LogP contribution in [0.25, 0.3) is 6.08 Å². The average Bonchev–Trinajstić information content (AvgIpc) is 2.97. The Morgan fingerprint density at radius 1 is 1.25 bits per heavy atom. The third-order valence-electron chi connectivity index (χ3n) is 4.26. The Kier molecular flexibility index (Phi) is 6.16. The Morgan fingerprint density at radius 2 is 2.00 bits per heavy atom. The van der Waals surface area contributed by atoms with E-state index in [2.05, 4.69) is 6.92 Å². The van der Waals surface area contributed by atoms with Crippen molar-refractivity contribution in [2.45, 2.75) is 20.3 Å². The SMILES string of the molecule is CCc1ccccc1N=C1S/C(=C/c2ccc(Cl)c([N+](=O)[O-])c2)C(=O)N1CC. The van der Waals surface area contributed by atoms with Crippen molar-refractivity contribution in [2.75, 3.05) is 6.54 Å². The van der Waals surface area contributed by atoms with E-state index < -0.39 is 4.92 Å². The zero-order chi connectivity index (χ0) is 20.3. The maximum Gasteiger partial charge on any atom is 0.288 e. The number of likely N-dealkylation sites (N-methyl/N-ethyl adjacent to an activating group) is 1. The Labute approximate surface area is 172 Å². The molecule has 1 fully saturated rings. The van der Waals surface area contributed by atoms with E-state index in [1.165, 1.54) is 23.9 Å². The van der Waals surface area contributed by atoms with Gasteiger partial charge in [-0.25, -0.2) is 4.99 Å². The zero-order valence-electron chi connectivity index (χ0n) is 15.4. The Bertz CT molecular complexity index is 1000. The highest BCUT2D eigenvalue weighted by Gasteiger charge is 2.32. The summed E-state index contributed by atoms with van der Waals surface area (Å²) in [7, 11) is 0. The number of amides is 1. The van der Waals surface area contributed by atoms with Crippen LogP contribution in [-0.2, 0) is 11.2 Å². The summed E-state index contributed by atoms with van der Waals surface area (Å²) in [5, 5.41) is 11.8. The molecule has 1 amide bonds. The number of nitro groups is 1. The molecule has 0 N–H and O–H groups in total. The van der Waals surface area contributed by atoms with Gasteiger partial charge in [0.05, 0.1) is 15.5 Å². The van der Waals surface area contributed by atoms with Crippen LogP contribution in [-0.4, -0.2) is 27.4 Å². The Balaban J connectivity index is 1.98. The first-order valence-corrected chi connectivity index (χ1v) is 9.96. The fraction of sp³-hybridized carbons (Fsp3) is 0.200. The number of aliphatic imine (C=N–C) groups is 1.